The van der Waals surface area contributed by atoms with Gasteiger partial charge in [0.25, 0.3) is 0 Å². The molecule has 0 unspecified atom stereocenters. The average molecular weight is 372 g/mol. The molecule has 26 heavy (non-hydrogen) atoms. The number of aliphatic hydroxyl groups excluding tert-OH is 1. The van der Waals surface area contributed by atoms with Gasteiger partial charge in [0.15, 0.2) is 17.5 Å². The van der Waals surface area contributed by atoms with E-state index in [1.807, 2.05) is 30.3 Å². The summed E-state index contributed by atoms with van der Waals surface area (Å²) in [6.45, 7) is -0.840. The number of aliphatic hydroxyl groups is 3. The van der Waals surface area contributed by atoms with Crippen molar-refractivity contribution in [2.45, 2.75) is 36.3 Å². The average Bonchev–Trinajstić information content (AvgIpc) is 2.64. The minimum absolute atomic E-state index is 0.151. The van der Waals surface area contributed by atoms with Gasteiger partial charge in [0.1, 0.15) is 12.2 Å². The molecule has 1 aliphatic rings. The zero-order chi connectivity index (χ0) is 19.2. The monoisotopic (exact) mass is 372 g/mol. The standard InChI is InChI=1S/C18H28O8/c1-22-11-17(20)15(25-10-13-7-5-4-6-8-13)14(9-19)26-16(24-3)18(17,21)12-23-2/h4-8,14-16,19-21H,9-12H2,1-3H3/t14-,15-,16+,17+,18+/m1/s1. The van der Waals surface area contributed by atoms with Gasteiger partial charge in [-0.05, 0) is 5.56 Å². The molecule has 0 radical (unpaired) electrons. The molecule has 1 aromatic rings. The third kappa shape index (κ3) is 3.92. The molecule has 3 N–H and O–H groups in total. The maximum Gasteiger partial charge on any atom is 0.191 e. The summed E-state index contributed by atoms with van der Waals surface area (Å²) in [7, 11) is 4.11. The fraction of sp³-hybridized carbons (Fsp3) is 0.667. The first kappa shape index (κ1) is 21.2. The Labute approximate surface area is 153 Å². The first-order valence-electron chi connectivity index (χ1n) is 8.34. The van der Waals surface area contributed by atoms with E-state index >= 15 is 0 Å². The van der Waals surface area contributed by atoms with Crippen LogP contribution in [-0.4, -0.2) is 86.2 Å². The summed E-state index contributed by atoms with van der Waals surface area (Å²) in [6.07, 6.45) is -3.25. The molecule has 148 valence electrons. The van der Waals surface area contributed by atoms with Crippen LogP contribution in [0.1, 0.15) is 5.56 Å². The second kappa shape index (κ2) is 9.20. The lowest BCUT2D eigenvalue weighted by Gasteiger charge is -2.55. The van der Waals surface area contributed by atoms with Crippen LogP contribution in [0.15, 0.2) is 30.3 Å². The quantitative estimate of drug-likeness (QED) is 0.542. The molecule has 0 saturated carbocycles. The van der Waals surface area contributed by atoms with Crippen LogP contribution in [0.25, 0.3) is 0 Å². The molecule has 0 spiro atoms. The van der Waals surface area contributed by atoms with Gasteiger partial charge in [0.2, 0.25) is 0 Å². The molecule has 1 aliphatic heterocycles. The lowest BCUT2D eigenvalue weighted by Crippen LogP contribution is -2.78. The largest absolute Gasteiger partial charge is 0.394 e. The van der Waals surface area contributed by atoms with Crippen LogP contribution in [0.5, 0.6) is 0 Å². The third-order valence-electron chi connectivity index (χ3n) is 4.64. The summed E-state index contributed by atoms with van der Waals surface area (Å²) >= 11 is 0. The van der Waals surface area contributed by atoms with Gasteiger partial charge >= 0.3 is 0 Å². The highest BCUT2D eigenvalue weighted by atomic mass is 16.7. The van der Waals surface area contributed by atoms with Crippen LogP contribution in [0.3, 0.4) is 0 Å². The highest BCUT2D eigenvalue weighted by Gasteiger charge is 2.66. The minimum atomic E-state index is -1.97. The van der Waals surface area contributed by atoms with Crippen molar-refractivity contribution in [3.8, 4) is 0 Å². The Balaban J connectivity index is 2.36. The maximum atomic E-state index is 11.4. The van der Waals surface area contributed by atoms with E-state index in [0.717, 1.165) is 5.56 Å². The van der Waals surface area contributed by atoms with E-state index in [2.05, 4.69) is 0 Å². The fourth-order valence-corrected chi connectivity index (χ4v) is 3.34. The molecular weight excluding hydrogens is 344 g/mol. The molecular formula is C18H28O8. The summed E-state index contributed by atoms with van der Waals surface area (Å²) in [5, 5.41) is 32.4. The molecule has 1 fully saturated rings. The normalized spacial score (nSPS) is 34.8. The van der Waals surface area contributed by atoms with Crippen LogP contribution in [0.4, 0.5) is 0 Å². The van der Waals surface area contributed by atoms with E-state index in [4.69, 9.17) is 23.7 Å². The number of benzene rings is 1. The molecule has 0 bridgehead atoms. The first-order chi connectivity index (χ1) is 12.5. The molecule has 1 aromatic carbocycles. The molecule has 5 atom stereocenters. The Morgan fingerprint density at radius 3 is 2.15 bits per heavy atom. The van der Waals surface area contributed by atoms with Gasteiger partial charge in [0, 0.05) is 21.3 Å². The zero-order valence-corrected chi connectivity index (χ0v) is 15.3. The lowest BCUT2D eigenvalue weighted by atomic mass is 9.74. The summed E-state index contributed by atoms with van der Waals surface area (Å²) < 4.78 is 27.0. The van der Waals surface area contributed by atoms with Crippen molar-refractivity contribution in [3.05, 3.63) is 35.9 Å². The fourth-order valence-electron chi connectivity index (χ4n) is 3.34. The van der Waals surface area contributed by atoms with Crippen molar-refractivity contribution in [2.24, 2.45) is 0 Å². The predicted octanol–water partition coefficient (Wildman–Crippen LogP) is -0.310. The Kier molecular flexibility index (Phi) is 7.51. The first-order valence-corrected chi connectivity index (χ1v) is 8.34. The van der Waals surface area contributed by atoms with Crippen molar-refractivity contribution >= 4 is 0 Å². The van der Waals surface area contributed by atoms with E-state index in [0.29, 0.717) is 0 Å². The van der Waals surface area contributed by atoms with E-state index in [9.17, 15) is 15.3 Å². The zero-order valence-electron chi connectivity index (χ0n) is 15.3. The van der Waals surface area contributed by atoms with E-state index in [1.165, 1.54) is 21.3 Å². The molecule has 2 rings (SSSR count). The molecule has 0 amide bonds. The van der Waals surface area contributed by atoms with Crippen LogP contribution in [-0.2, 0) is 30.3 Å². The number of hydrogen-bond donors (Lipinski definition) is 3. The maximum absolute atomic E-state index is 11.4. The van der Waals surface area contributed by atoms with Crippen LogP contribution >= 0.6 is 0 Å². The number of rotatable bonds is 9. The summed E-state index contributed by atoms with van der Waals surface area (Å²) in [5.41, 5.74) is -3.05. The van der Waals surface area contributed by atoms with Gasteiger partial charge in [-0.15, -0.1) is 0 Å². The van der Waals surface area contributed by atoms with Crippen LogP contribution < -0.4 is 0 Å². The summed E-state index contributed by atoms with van der Waals surface area (Å²) in [5.74, 6) is 0. The van der Waals surface area contributed by atoms with Crippen molar-refractivity contribution in [2.75, 3.05) is 41.2 Å². The van der Waals surface area contributed by atoms with E-state index in [1.54, 1.807) is 0 Å². The van der Waals surface area contributed by atoms with Crippen LogP contribution in [0.2, 0.25) is 0 Å². The lowest BCUT2D eigenvalue weighted by molar-refractivity contribution is -0.388. The SMILES string of the molecule is COC[C@]1(O)[C@@H](OC)O[C@H](CO)[C@@H](OCc2ccccc2)[C@@]1(O)COC. The second-order valence-corrected chi connectivity index (χ2v) is 6.36. The highest BCUT2D eigenvalue weighted by molar-refractivity contribution is 5.15. The smallest absolute Gasteiger partial charge is 0.191 e. The Morgan fingerprint density at radius 1 is 1.00 bits per heavy atom. The van der Waals surface area contributed by atoms with Crippen molar-refractivity contribution in [3.63, 3.8) is 0 Å². The van der Waals surface area contributed by atoms with Crippen molar-refractivity contribution < 1.29 is 39.0 Å². The van der Waals surface area contributed by atoms with Crippen molar-refractivity contribution in [1.82, 2.24) is 0 Å². The topological polar surface area (TPSA) is 107 Å². The molecule has 8 heteroatoms. The second-order valence-electron chi connectivity index (χ2n) is 6.36. The Morgan fingerprint density at radius 2 is 1.62 bits per heavy atom. The summed E-state index contributed by atoms with van der Waals surface area (Å²) in [6, 6.07) is 9.34. The van der Waals surface area contributed by atoms with Crippen LogP contribution in [0, 0.1) is 0 Å². The molecule has 0 aromatic heterocycles. The number of ether oxygens (including phenoxy) is 5. The molecule has 8 nitrogen and oxygen atoms in total. The number of methoxy groups -OCH3 is 3. The molecule has 0 aliphatic carbocycles. The highest BCUT2D eigenvalue weighted by Crippen LogP contribution is 2.41. The van der Waals surface area contributed by atoms with Gasteiger partial charge < -0.3 is 39.0 Å². The van der Waals surface area contributed by atoms with Gasteiger partial charge in [-0.25, -0.2) is 0 Å². The van der Waals surface area contributed by atoms with Gasteiger partial charge in [0.05, 0.1) is 26.4 Å². The number of hydrogen-bond acceptors (Lipinski definition) is 8. The molecule has 1 heterocycles. The molecule has 1 saturated heterocycles. The Hall–Kier alpha value is -1.10. The Bertz CT molecular complexity index is 541. The van der Waals surface area contributed by atoms with Crippen molar-refractivity contribution in [1.29, 1.82) is 0 Å². The minimum Gasteiger partial charge on any atom is -0.394 e. The summed E-state index contributed by atoms with van der Waals surface area (Å²) in [4.78, 5) is 0. The van der Waals surface area contributed by atoms with E-state index in [-0.39, 0.29) is 19.8 Å². The van der Waals surface area contributed by atoms with Gasteiger partial charge in [-0.2, -0.15) is 0 Å². The van der Waals surface area contributed by atoms with Gasteiger partial charge in [-0.3, -0.25) is 0 Å². The van der Waals surface area contributed by atoms with E-state index < -0.39 is 36.3 Å². The van der Waals surface area contributed by atoms with Gasteiger partial charge in [-0.1, -0.05) is 30.3 Å². The third-order valence-corrected chi connectivity index (χ3v) is 4.64. The predicted molar refractivity (Wildman–Crippen MR) is 91.4 cm³/mol.